The van der Waals surface area contributed by atoms with E-state index in [1.54, 1.807) is 6.08 Å². The van der Waals surface area contributed by atoms with Crippen LogP contribution >= 0.6 is 0 Å². The highest BCUT2D eigenvalue weighted by Crippen LogP contribution is 2.11. The fraction of sp³-hybridized carbons (Fsp3) is 0.622. The van der Waals surface area contributed by atoms with E-state index in [0.29, 0.717) is 19.3 Å². The van der Waals surface area contributed by atoms with Gasteiger partial charge in [-0.05, 0) is 44.9 Å². The second-order valence-corrected chi connectivity index (χ2v) is 10.7. The average Bonchev–Trinajstić information content (AvgIpc) is 3.00. The number of esters is 2. The monoisotopic (exact) mass is 600 g/mol. The molecule has 0 heterocycles. The van der Waals surface area contributed by atoms with E-state index in [1.807, 2.05) is 36.5 Å². The molecule has 2 atom stereocenters. The lowest BCUT2D eigenvalue weighted by molar-refractivity contribution is -0.161. The minimum Gasteiger partial charge on any atom is -0.462 e. The van der Waals surface area contributed by atoms with Gasteiger partial charge in [-0.25, -0.2) is 0 Å². The Morgan fingerprint density at radius 1 is 0.674 bits per heavy atom. The lowest BCUT2D eigenvalue weighted by atomic mass is 10.1. The minimum atomic E-state index is -0.826. The predicted molar refractivity (Wildman–Crippen MR) is 179 cm³/mol. The molecule has 0 aliphatic rings. The molecule has 43 heavy (non-hydrogen) atoms. The highest BCUT2D eigenvalue weighted by Gasteiger charge is 2.15. The topological polar surface area (TPSA) is 93.1 Å². The molecule has 0 spiro atoms. The third-order valence-corrected chi connectivity index (χ3v) is 6.61. The van der Waals surface area contributed by atoms with Crippen LogP contribution in [-0.2, 0) is 19.1 Å². The number of carbonyl (C=O) groups is 2. The standard InChI is InChI=1S/C37H60O6/c1-3-5-7-9-11-14-18-22-26-30-36(40)42-33-35(32-38)43-37(41)31-27-23-19-16-13-12-15-17-21-25-29-34(39)28-24-20-10-8-6-4-2/h6,8,12-13,17,19-21,23-25,29,34-35,38-39H,3-5,7,9-11,14-16,18,22,26-28,30-33H2,1-2H3/b8-6-,13-12-,21-17-,23-19-,24-20-,29-25+/t34?,35-/m0/s1. The lowest BCUT2D eigenvalue weighted by Gasteiger charge is -2.15. The van der Waals surface area contributed by atoms with Crippen molar-refractivity contribution >= 4 is 11.9 Å². The average molecular weight is 601 g/mol. The molecule has 0 rings (SSSR count). The highest BCUT2D eigenvalue weighted by molar-refractivity contribution is 5.70. The number of aliphatic hydroxyl groups excluding tert-OH is 2. The zero-order chi connectivity index (χ0) is 31.6. The quantitative estimate of drug-likeness (QED) is 0.0403. The molecule has 0 aliphatic carbocycles. The van der Waals surface area contributed by atoms with Gasteiger partial charge in [0.1, 0.15) is 6.61 Å². The van der Waals surface area contributed by atoms with Crippen molar-refractivity contribution in [3.8, 4) is 0 Å². The number of hydrogen-bond donors (Lipinski definition) is 2. The van der Waals surface area contributed by atoms with Crippen LogP contribution in [0.25, 0.3) is 0 Å². The maximum atomic E-state index is 12.1. The molecule has 0 aromatic rings. The van der Waals surface area contributed by atoms with Crippen molar-refractivity contribution < 1.29 is 29.3 Å². The first-order valence-electron chi connectivity index (χ1n) is 16.6. The molecule has 0 aliphatic heterocycles. The summed E-state index contributed by atoms with van der Waals surface area (Å²) >= 11 is 0. The third-order valence-electron chi connectivity index (χ3n) is 6.61. The summed E-state index contributed by atoms with van der Waals surface area (Å²) in [6, 6.07) is 0. The van der Waals surface area contributed by atoms with E-state index in [4.69, 9.17) is 9.47 Å². The Hall–Kier alpha value is -2.70. The van der Waals surface area contributed by atoms with Gasteiger partial charge in [0, 0.05) is 12.8 Å². The summed E-state index contributed by atoms with van der Waals surface area (Å²) in [5.41, 5.74) is 0. The number of hydrogen-bond acceptors (Lipinski definition) is 6. The van der Waals surface area contributed by atoms with Gasteiger partial charge in [-0.3, -0.25) is 9.59 Å². The van der Waals surface area contributed by atoms with Crippen LogP contribution in [0, 0.1) is 0 Å². The van der Waals surface area contributed by atoms with E-state index in [9.17, 15) is 19.8 Å². The second-order valence-electron chi connectivity index (χ2n) is 10.7. The maximum Gasteiger partial charge on any atom is 0.306 e. The summed E-state index contributed by atoms with van der Waals surface area (Å²) in [5, 5.41) is 19.4. The van der Waals surface area contributed by atoms with Crippen molar-refractivity contribution in [1.29, 1.82) is 0 Å². The molecular weight excluding hydrogens is 540 g/mol. The normalized spacial score (nSPS) is 13.9. The number of ether oxygens (including phenoxy) is 2. The molecule has 0 bridgehead atoms. The number of allylic oxidation sites excluding steroid dienone is 10. The predicted octanol–water partition coefficient (Wildman–Crippen LogP) is 8.80. The van der Waals surface area contributed by atoms with Crippen molar-refractivity contribution in [2.75, 3.05) is 13.2 Å². The largest absolute Gasteiger partial charge is 0.462 e. The van der Waals surface area contributed by atoms with Crippen molar-refractivity contribution in [2.45, 2.75) is 135 Å². The van der Waals surface area contributed by atoms with Gasteiger partial charge in [0.15, 0.2) is 6.10 Å². The Labute approximate surface area is 262 Å². The van der Waals surface area contributed by atoms with Gasteiger partial charge in [-0.15, -0.1) is 0 Å². The van der Waals surface area contributed by atoms with Crippen molar-refractivity contribution in [2.24, 2.45) is 0 Å². The summed E-state index contributed by atoms with van der Waals surface area (Å²) in [5.74, 6) is -0.730. The van der Waals surface area contributed by atoms with E-state index in [0.717, 1.165) is 44.9 Å². The first-order valence-corrected chi connectivity index (χ1v) is 16.6. The fourth-order valence-electron chi connectivity index (χ4n) is 4.07. The Bertz CT molecular complexity index is 836. The zero-order valence-corrected chi connectivity index (χ0v) is 27.0. The number of aliphatic hydroxyl groups is 2. The zero-order valence-electron chi connectivity index (χ0n) is 27.0. The summed E-state index contributed by atoms with van der Waals surface area (Å²) in [6.45, 7) is 3.84. The van der Waals surface area contributed by atoms with Crippen molar-refractivity contribution in [1.82, 2.24) is 0 Å². The summed E-state index contributed by atoms with van der Waals surface area (Å²) in [6.07, 6.45) is 38.5. The molecule has 6 nitrogen and oxygen atoms in total. The molecule has 0 saturated carbocycles. The van der Waals surface area contributed by atoms with E-state index in [2.05, 4.69) is 44.2 Å². The molecule has 0 saturated heterocycles. The lowest BCUT2D eigenvalue weighted by Crippen LogP contribution is -2.28. The Morgan fingerprint density at radius 3 is 1.95 bits per heavy atom. The van der Waals surface area contributed by atoms with Crippen LogP contribution in [0.4, 0.5) is 0 Å². The number of carbonyl (C=O) groups excluding carboxylic acids is 2. The molecule has 0 amide bonds. The third kappa shape index (κ3) is 30.6. The SMILES string of the molecule is CC/C=C\C/C=C\CC(O)/C=C/C=C\C/C=C\C/C=C\CCC(=O)O[C@@H](CO)COC(=O)CCCCCCCCCCC. The van der Waals surface area contributed by atoms with Crippen LogP contribution in [0.3, 0.4) is 0 Å². The van der Waals surface area contributed by atoms with Crippen LogP contribution in [0.15, 0.2) is 72.9 Å². The van der Waals surface area contributed by atoms with E-state index in [-0.39, 0.29) is 25.6 Å². The molecule has 6 heteroatoms. The van der Waals surface area contributed by atoms with E-state index >= 15 is 0 Å². The van der Waals surface area contributed by atoms with Crippen LogP contribution in [0.1, 0.15) is 123 Å². The number of unbranched alkanes of at least 4 members (excludes halogenated alkanes) is 8. The summed E-state index contributed by atoms with van der Waals surface area (Å²) in [7, 11) is 0. The van der Waals surface area contributed by atoms with Gasteiger partial charge < -0.3 is 19.7 Å². The van der Waals surface area contributed by atoms with Gasteiger partial charge in [0.25, 0.3) is 0 Å². The maximum absolute atomic E-state index is 12.1. The first kappa shape index (κ1) is 40.3. The first-order chi connectivity index (χ1) is 21.0. The van der Waals surface area contributed by atoms with E-state index < -0.39 is 18.2 Å². The second kappa shape index (κ2) is 32.2. The van der Waals surface area contributed by atoms with Crippen molar-refractivity contribution in [3.05, 3.63) is 72.9 Å². The summed E-state index contributed by atoms with van der Waals surface area (Å²) < 4.78 is 10.4. The molecule has 2 N–H and O–H groups in total. The van der Waals surface area contributed by atoms with E-state index in [1.165, 1.54) is 38.5 Å². The molecular formula is C37H60O6. The minimum absolute atomic E-state index is 0.113. The molecule has 0 fully saturated rings. The Kier molecular flexibility index (Phi) is 30.2. The van der Waals surface area contributed by atoms with Gasteiger partial charge in [-0.2, -0.15) is 0 Å². The van der Waals surface area contributed by atoms with Gasteiger partial charge in [-0.1, -0.05) is 138 Å². The van der Waals surface area contributed by atoms with Gasteiger partial charge in [0.2, 0.25) is 0 Å². The number of rotatable bonds is 28. The smallest absolute Gasteiger partial charge is 0.306 e. The molecule has 1 unspecified atom stereocenters. The molecule has 0 aromatic carbocycles. The van der Waals surface area contributed by atoms with Crippen LogP contribution in [0.5, 0.6) is 0 Å². The van der Waals surface area contributed by atoms with Crippen molar-refractivity contribution in [3.63, 3.8) is 0 Å². The Morgan fingerprint density at radius 2 is 1.28 bits per heavy atom. The molecule has 244 valence electrons. The van der Waals surface area contributed by atoms with Gasteiger partial charge >= 0.3 is 11.9 Å². The molecule has 0 radical (unpaired) electrons. The van der Waals surface area contributed by atoms with Crippen LogP contribution in [-0.4, -0.2) is 47.6 Å². The van der Waals surface area contributed by atoms with Crippen LogP contribution in [0.2, 0.25) is 0 Å². The highest BCUT2D eigenvalue weighted by atomic mass is 16.6. The van der Waals surface area contributed by atoms with Gasteiger partial charge in [0.05, 0.1) is 12.7 Å². The Balaban J connectivity index is 3.86. The summed E-state index contributed by atoms with van der Waals surface area (Å²) in [4.78, 5) is 24.0. The molecule has 0 aromatic heterocycles. The van der Waals surface area contributed by atoms with Crippen LogP contribution < -0.4 is 0 Å². The fourth-order valence-corrected chi connectivity index (χ4v) is 4.07.